The van der Waals surface area contributed by atoms with Gasteiger partial charge in [-0.2, -0.15) is 13.2 Å². The van der Waals surface area contributed by atoms with Crippen molar-refractivity contribution in [1.82, 2.24) is 15.3 Å². The van der Waals surface area contributed by atoms with Crippen LogP contribution in [0.25, 0.3) is 0 Å². The van der Waals surface area contributed by atoms with Crippen molar-refractivity contribution in [2.45, 2.75) is 44.5 Å². The molecule has 1 aliphatic carbocycles. The maximum atomic E-state index is 12.0. The molecule has 1 aliphatic rings. The van der Waals surface area contributed by atoms with E-state index in [4.69, 9.17) is 0 Å². The second-order valence-corrected chi connectivity index (χ2v) is 4.88. The number of rotatable bonds is 4. The zero-order chi connectivity index (χ0) is 14.6. The molecule has 0 radical (unpaired) electrons. The van der Waals surface area contributed by atoms with Crippen LogP contribution >= 0.6 is 0 Å². The van der Waals surface area contributed by atoms with Crippen molar-refractivity contribution in [3.63, 3.8) is 0 Å². The largest absolute Gasteiger partial charge is 0.411 e. The maximum absolute atomic E-state index is 12.0. The number of nitrogens with one attached hydrogen (secondary N) is 1. The van der Waals surface area contributed by atoms with Crippen molar-refractivity contribution in [1.29, 1.82) is 0 Å². The van der Waals surface area contributed by atoms with E-state index in [1.54, 1.807) is 6.20 Å². The lowest BCUT2D eigenvalue weighted by Gasteiger charge is -2.16. The van der Waals surface area contributed by atoms with E-state index in [1.165, 1.54) is 0 Å². The Morgan fingerprint density at radius 3 is 2.90 bits per heavy atom. The van der Waals surface area contributed by atoms with Gasteiger partial charge in [0, 0.05) is 23.5 Å². The zero-order valence-electron chi connectivity index (χ0n) is 11.3. The molecule has 0 saturated heterocycles. The summed E-state index contributed by atoms with van der Waals surface area (Å²) in [7, 11) is 1.89. The van der Waals surface area contributed by atoms with Gasteiger partial charge < -0.3 is 10.1 Å². The molecule has 1 aromatic heterocycles. The van der Waals surface area contributed by atoms with Gasteiger partial charge in [-0.05, 0) is 26.3 Å². The number of hydrogen-bond donors (Lipinski definition) is 1. The van der Waals surface area contributed by atoms with Gasteiger partial charge >= 0.3 is 6.18 Å². The lowest BCUT2D eigenvalue weighted by molar-refractivity contribution is -0.177. The van der Waals surface area contributed by atoms with Crippen molar-refractivity contribution >= 4 is 0 Å². The summed E-state index contributed by atoms with van der Waals surface area (Å²) in [6.45, 7) is -1.48. The topological polar surface area (TPSA) is 47.0 Å². The third-order valence-electron chi connectivity index (χ3n) is 3.33. The van der Waals surface area contributed by atoms with E-state index in [0.717, 1.165) is 36.9 Å². The number of ether oxygens (including phenoxy) is 1. The van der Waals surface area contributed by atoms with E-state index in [9.17, 15) is 13.2 Å². The third-order valence-corrected chi connectivity index (χ3v) is 3.33. The summed E-state index contributed by atoms with van der Waals surface area (Å²) in [5.74, 6) is 0.310. The second-order valence-electron chi connectivity index (χ2n) is 4.88. The maximum Gasteiger partial charge on any atom is 0.411 e. The third kappa shape index (κ3) is 4.14. The summed E-state index contributed by atoms with van der Waals surface area (Å²) >= 11 is 0. The zero-order valence-corrected chi connectivity index (χ0v) is 11.3. The van der Waals surface area contributed by atoms with Crippen LogP contribution in [0.1, 0.15) is 42.4 Å². The Labute approximate surface area is 115 Å². The minimum Gasteiger partial charge on any atom is -0.364 e. The Bertz CT molecular complexity index is 451. The SMILES string of the molecule is CNC1CCCCc2nc(COCC(F)(F)F)ncc21. The quantitative estimate of drug-likeness (QED) is 0.865. The predicted octanol–water partition coefficient (Wildman–Crippen LogP) is 2.54. The molecule has 20 heavy (non-hydrogen) atoms. The smallest absolute Gasteiger partial charge is 0.364 e. The highest BCUT2D eigenvalue weighted by atomic mass is 19.4. The van der Waals surface area contributed by atoms with E-state index in [2.05, 4.69) is 20.0 Å². The van der Waals surface area contributed by atoms with Gasteiger partial charge in [-0.3, -0.25) is 0 Å². The molecule has 0 fully saturated rings. The fraction of sp³-hybridized carbons (Fsp3) is 0.692. The predicted molar refractivity (Wildman–Crippen MR) is 67.1 cm³/mol. The molecule has 1 N–H and O–H groups in total. The Balaban J connectivity index is 2.05. The van der Waals surface area contributed by atoms with Gasteiger partial charge in [0.15, 0.2) is 5.82 Å². The summed E-state index contributed by atoms with van der Waals surface area (Å²) in [5, 5.41) is 3.22. The molecule has 0 aliphatic heterocycles. The highest BCUT2D eigenvalue weighted by Crippen LogP contribution is 2.26. The molecule has 4 nitrogen and oxygen atoms in total. The minimum atomic E-state index is -4.32. The van der Waals surface area contributed by atoms with Crippen LogP contribution in [-0.4, -0.2) is 29.8 Å². The number of fused-ring (bicyclic) bond motifs is 1. The van der Waals surface area contributed by atoms with Crippen LogP contribution in [0.4, 0.5) is 13.2 Å². The van der Waals surface area contributed by atoms with Gasteiger partial charge in [0.25, 0.3) is 0 Å². The molecule has 0 aromatic carbocycles. The van der Waals surface area contributed by atoms with Crippen LogP contribution in [-0.2, 0) is 17.8 Å². The molecule has 2 rings (SSSR count). The van der Waals surface area contributed by atoms with Gasteiger partial charge in [-0.25, -0.2) is 9.97 Å². The van der Waals surface area contributed by atoms with Crippen molar-refractivity contribution < 1.29 is 17.9 Å². The molecule has 0 bridgehead atoms. The summed E-state index contributed by atoms with van der Waals surface area (Å²) in [6.07, 6.45) is 1.38. The molecular formula is C13H18F3N3O. The first-order valence-corrected chi connectivity index (χ1v) is 6.66. The fourth-order valence-electron chi connectivity index (χ4n) is 2.38. The molecule has 7 heteroatoms. The molecule has 0 saturated carbocycles. The molecule has 1 aromatic rings. The van der Waals surface area contributed by atoms with Gasteiger partial charge in [-0.1, -0.05) is 6.42 Å². The Hall–Kier alpha value is -1.21. The van der Waals surface area contributed by atoms with E-state index in [-0.39, 0.29) is 12.6 Å². The number of aryl methyl sites for hydroxylation is 1. The van der Waals surface area contributed by atoms with Gasteiger partial charge in [0.1, 0.15) is 13.2 Å². The number of alkyl halides is 3. The minimum absolute atomic E-state index is 0.211. The first kappa shape index (κ1) is 15.2. The van der Waals surface area contributed by atoms with Crippen LogP contribution in [0, 0.1) is 0 Å². The van der Waals surface area contributed by atoms with Crippen LogP contribution in [0.3, 0.4) is 0 Å². The Kier molecular flexibility index (Phi) is 4.93. The first-order chi connectivity index (χ1) is 9.49. The lowest BCUT2D eigenvalue weighted by Crippen LogP contribution is -2.19. The molecule has 112 valence electrons. The summed E-state index contributed by atoms with van der Waals surface area (Å²) in [6, 6.07) is 0.220. The molecule has 1 atom stereocenters. The number of hydrogen-bond acceptors (Lipinski definition) is 4. The normalized spacial score (nSPS) is 19.5. The van der Waals surface area contributed by atoms with Gasteiger partial charge in [-0.15, -0.1) is 0 Å². The van der Waals surface area contributed by atoms with Crippen molar-refractivity contribution in [2.75, 3.05) is 13.7 Å². The van der Waals surface area contributed by atoms with Crippen molar-refractivity contribution in [2.24, 2.45) is 0 Å². The molecule has 0 spiro atoms. The number of aromatic nitrogens is 2. The highest BCUT2D eigenvalue weighted by molar-refractivity contribution is 5.23. The summed E-state index contributed by atoms with van der Waals surface area (Å²) < 4.78 is 40.6. The number of nitrogens with zero attached hydrogens (tertiary/aromatic N) is 2. The average molecular weight is 289 g/mol. The summed E-state index contributed by atoms with van der Waals surface area (Å²) in [5.41, 5.74) is 1.96. The van der Waals surface area contributed by atoms with Crippen LogP contribution in [0.15, 0.2) is 6.20 Å². The molecular weight excluding hydrogens is 271 g/mol. The van der Waals surface area contributed by atoms with E-state index in [0.29, 0.717) is 5.82 Å². The van der Waals surface area contributed by atoms with Crippen molar-refractivity contribution in [3.05, 3.63) is 23.3 Å². The number of halogens is 3. The first-order valence-electron chi connectivity index (χ1n) is 6.66. The van der Waals surface area contributed by atoms with E-state index in [1.807, 2.05) is 7.05 Å². The fourth-order valence-corrected chi connectivity index (χ4v) is 2.38. The van der Waals surface area contributed by atoms with Crippen LogP contribution in [0.2, 0.25) is 0 Å². The Morgan fingerprint density at radius 1 is 1.40 bits per heavy atom. The second kappa shape index (κ2) is 6.49. The highest BCUT2D eigenvalue weighted by Gasteiger charge is 2.27. The Morgan fingerprint density at radius 2 is 2.20 bits per heavy atom. The monoisotopic (exact) mass is 289 g/mol. The van der Waals surface area contributed by atoms with Gasteiger partial charge in [0.05, 0.1) is 0 Å². The average Bonchev–Trinajstić information content (AvgIpc) is 2.58. The summed E-state index contributed by atoms with van der Waals surface area (Å²) in [4.78, 5) is 8.46. The van der Waals surface area contributed by atoms with E-state index < -0.39 is 12.8 Å². The molecule has 0 amide bonds. The molecule has 1 heterocycles. The van der Waals surface area contributed by atoms with Gasteiger partial charge in [0.2, 0.25) is 0 Å². The van der Waals surface area contributed by atoms with Crippen LogP contribution in [0.5, 0.6) is 0 Å². The van der Waals surface area contributed by atoms with Crippen molar-refractivity contribution in [3.8, 4) is 0 Å². The van der Waals surface area contributed by atoms with Crippen LogP contribution < -0.4 is 5.32 Å². The van der Waals surface area contributed by atoms with E-state index >= 15 is 0 Å². The lowest BCUT2D eigenvalue weighted by atomic mass is 10.1. The molecule has 1 unspecified atom stereocenters. The standard InChI is InChI=1S/C13H18F3N3O/c1-17-10-4-2-3-5-11-9(10)6-18-12(19-11)7-20-8-13(14,15)16/h6,10,17H,2-5,7-8H2,1H3.